The molecule has 0 heterocycles. The lowest BCUT2D eigenvalue weighted by atomic mass is 9.94. The molecule has 2 unspecified atom stereocenters. The van der Waals surface area contributed by atoms with E-state index in [9.17, 15) is 19.5 Å². The minimum atomic E-state index is -0.986. The Kier molecular flexibility index (Phi) is 13.6. The summed E-state index contributed by atoms with van der Waals surface area (Å²) in [4.78, 5) is 43.5. The highest BCUT2D eigenvalue weighted by molar-refractivity contribution is 5.92. The molecule has 242 valence electrons. The summed E-state index contributed by atoms with van der Waals surface area (Å²) in [6, 6.07) is 12.8. The number of hydrogen-bond acceptors (Lipinski definition) is 5. The van der Waals surface area contributed by atoms with E-state index in [0.29, 0.717) is 6.54 Å². The first-order valence-corrected chi connectivity index (χ1v) is 16.5. The SMILES string of the molecule is CCCCCCN(C(=O)C(Cc1ccc(O)cc1)NC(=O)OC(C)(C)C)C(C(=O)NC1CCCCC1)c1ccc(CC)cc1. The Balaban J connectivity index is 2.02. The normalized spacial score (nSPS) is 15.2. The average Bonchev–Trinajstić information content (AvgIpc) is 2.99. The molecule has 8 nitrogen and oxygen atoms in total. The molecule has 8 heteroatoms. The van der Waals surface area contributed by atoms with Gasteiger partial charge < -0.3 is 25.4 Å². The van der Waals surface area contributed by atoms with Gasteiger partial charge in [-0.2, -0.15) is 0 Å². The van der Waals surface area contributed by atoms with E-state index < -0.39 is 23.8 Å². The van der Waals surface area contributed by atoms with Gasteiger partial charge in [-0.05, 0) is 75.3 Å². The van der Waals surface area contributed by atoms with E-state index in [0.717, 1.165) is 74.5 Å². The fourth-order valence-corrected chi connectivity index (χ4v) is 5.73. The van der Waals surface area contributed by atoms with E-state index >= 15 is 0 Å². The van der Waals surface area contributed by atoms with Gasteiger partial charge in [0.25, 0.3) is 0 Å². The van der Waals surface area contributed by atoms with Crippen molar-refractivity contribution in [2.24, 2.45) is 0 Å². The molecule has 1 saturated carbocycles. The Morgan fingerprint density at radius 2 is 1.55 bits per heavy atom. The number of amides is 3. The lowest BCUT2D eigenvalue weighted by molar-refractivity contribution is -0.143. The van der Waals surface area contributed by atoms with Crippen molar-refractivity contribution < 1.29 is 24.2 Å². The molecule has 2 aromatic carbocycles. The minimum absolute atomic E-state index is 0.0818. The number of nitrogens with one attached hydrogen (secondary N) is 2. The first kappa shape index (κ1) is 34.9. The van der Waals surface area contributed by atoms with Crippen LogP contribution in [0.5, 0.6) is 5.75 Å². The van der Waals surface area contributed by atoms with Gasteiger partial charge in [-0.25, -0.2) is 4.79 Å². The third-order valence-electron chi connectivity index (χ3n) is 8.12. The molecule has 0 saturated heterocycles. The molecule has 1 aliphatic carbocycles. The molecule has 3 amide bonds. The molecule has 1 aliphatic rings. The van der Waals surface area contributed by atoms with Crippen molar-refractivity contribution in [1.29, 1.82) is 0 Å². The maximum atomic E-state index is 14.6. The molecular weight excluding hydrogens is 554 g/mol. The Morgan fingerprint density at radius 1 is 0.909 bits per heavy atom. The van der Waals surface area contributed by atoms with Crippen molar-refractivity contribution in [3.63, 3.8) is 0 Å². The Labute approximate surface area is 263 Å². The molecule has 3 rings (SSSR count). The highest BCUT2D eigenvalue weighted by atomic mass is 16.6. The molecule has 0 aliphatic heterocycles. The zero-order chi connectivity index (χ0) is 32.1. The fourth-order valence-electron chi connectivity index (χ4n) is 5.73. The van der Waals surface area contributed by atoms with E-state index in [1.165, 1.54) is 6.42 Å². The standard InChI is InChI=1S/C36H53N3O5/c1-6-8-9-13-24-39(32(28-20-16-26(7-2)17-21-28)33(41)37-29-14-11-10-12-15-29)34(42)31(38-35(43)44-36(3,4)5)25-27-18-22-30(40)23-19-27/h16-23,29,31-32,40H,6-15,24-25H2,1-5H3,(H,37,41)(H,38,43). The van der Waals surface area contributed by atoms with Crippen molar-refractivity contribution in [2.75, 3.05) is 6.54 Å². The molecule has 3 N–H and O–H groups in total. The minimum Gasteiger partial charge on any atom is -0.508 e. The van der Waals surface area contributed by atoms with Crippen LogP contribution >= 0.6 is 0 Å². The summed E-state index contributed by atoms with van der Waals surface area (Å²) in [6.45, 7) is 9.91. The number of unbranched alkanes of at least 4 members (excludes halogenated alkanes) is 3. The second-order valence-corrected chi connectivity index (χ2v) is 13.0. The molecule has 2 aromatic rings. The Morgan fingerprint density at radius 3 is 2.14 bits per heavy atom. The smallest absolute Gasteiger partial charge is 0.408 e. The van der Waals surface area contributed by atoms with E-state index in [-0.39, 0.29) is 30.0 Å². The summed E-state index contributed by atoms with van der Waals surface area (Å²) in [5.74, 6) is -0.418. The number of phenols is 1. The predicted octanol–water partition coefficient (Wildman–Crippen LogP) is 6.99. The van der Waals surface area contributed by atoms with Crippen LogP contribution < -0.4 is 10.6 Å². The molecular formula is C36H53N3O5. The van der Waals surface area contributed by atoms with Crippen LogP contribution in [0.2, 0.25) is 0 Å². The van der Waals surface area contributed by atoms with Crippen LogP contribution in [0.1, 0.15) is 115 Å². The van der Waals surface area contributed by atoms with Crippen molar-refractivity contribution >= 4 is 17.9 Å². The Bertz CT molecular complexity index is 1180. The van der Waals surface area contributed by atoms with Crippen LogP contribution in [-0.4, -0.2) is 52.1 Å². The van der Waals surface area contributed by atoms with Gasteiger partial charge in [0.05, 0.1) is 0 Å². The van der Waals surface area contributed by atoms with Crippen LogP contribution in [0.3, 0.4) is 0 Å². The summed E-state index contributed by atoms with van der Waals surface area (Å²) < 4.78 is 5.55. The molecule has 2 atom stereocenters. The van der Waals surface area contributed by atoms with Crippen LogP contribution in [0, 0.1) is 0 Å². The number of hydrogen-bond donors (Lipinski definition) is 3. The zero-order valence-electron chi connectivity index (χ0n) is 27.4. The third kappa shape index (κ3) is 11.2. The van der Waals surface area contributed by atoms with Crippen molar-refractivity contribution in [3.05, 3.63) is 65.2 Å². The summed E-state index contributed by atoms with van der Waals surface area (Å²) in [6.07, 6.45) is 9.27. The number of benzene rings is 2. The monoisotopic (exact) mass is 607 g/mol. The lowest BCUT2D eigenvalue weighted by Gasteiger charge is -2.36. The number of nitrogens with zero attached hydrogens (tertiary/aromatic N) is 1. The number of carbonyl (C=O) groups is 3. The number of carbonyl (C=O) groups excluding carboxylic acids is 3. The number of ether oxygens (including phenoxy) is 1. The molecule has 0 aromatic heterocycles. The number of rotatable bonds is 14. The quantitative estimate of drug-likeness (QED) is 0.201. The van der Waals surface area contributed by atoms with E-state index in [1.54, 1.807) is 49.9 Å². The second kappa shape index (κ2) is 17.1. The number of phenolic OH excluding ortho intramolecular Hbond substituents is 1. The number of aryl methyl sites for hydroxylation is 1. The second-order valence-electron chi connectivity index (χ2n) is 13.0. The zero-order valence-corrected chi connectivity index (χ0v) is 27.4. The van der Waals surface area contributed by atoms with Crippen molar-refractivity contribution in [1.82, 2.24) is 15.5 Å². The van der Waals surface area contributed by atoms with Crippen LogP contribution in [0.25, 0.3) is 0 Å². The molecule has 0 bridgehead atoms. The van der Waals surface area contributed by atoms with Crippen LogP contribution in [0.4, 0.5) is 4.79 Å². The largest absolute Gasteiger partial charge is 0.508 e. The van der Waals surface area contributed by atoms with E-state index in [4.69, 9.17) is 4.74 Å². The average molecular weight is 608 g/mol. The molecule has 0 radical (unpaired) electrons. The maximum absolute atomic E-state index is 14.6. The van der Waals surface area contributed by atoms with Gasteiger partial charge in [-0.1, -0.05) is 88.8 Å². The van der Waals surface area contributed by atoms with Gasteiger partial charge in [0.1, 0.15) is 23.4 Å². The summed E-state index contributed by atoms with van der Waals surface area (Å²) in [5.41, 5.74) is 1.91. The fraction of sp³-hybridized carbons (Fsp3) is 0.583. The van der Waals surface area contributed by atoms with Gasteiger partial charge in [0, 0.05) is 19.0 Å². The van der Waals surface area contributed by atoms with Crippen molar-refractivity contribution in [3.8, 4) is 5.75 Å². The predicted molar refractivity (Wildman–Crippen MR) is 174 cm³/mol. The summed E-state index contributed by atoms with van der Waals surface area (Å²) in [7, 11) is 0. The van der Waals surface area contributed by atoms with E-state index in [1.807, 2.05) is 24.3 Å². The van der Waals surface area contributed by atoms with Gasteiger partial charge in [0.15, 0.2) is 0 Å². The van der Waals surface area contributed by atoms with Gasteiger partial charge in [-0.3, -0.25) is 9.59 Å². The lowest BCUT2D eigenvalue weighted by Crippen LogP contribution is -2.54. The first-order chi connectivity index (χ1) is 21.0. The number of alkyl carbamates (subject to hydrolysis) is 1. The van der Waals surface area contributed by atoms with Crippen LogP contribution in [-0.2, 0) is 27.2 Å². The Hall–Kier alpha value is -3.55. The summed E-state index contributed by atoms with van der Waals surface area (Å²) >= 11 is 0. The van der Waals surface area contributed by atoms with E-state index in [2.05, 4.69) is 24.5 Å². The molecule has 0 spiro atoms. The third-order valence-corrected chi connectivity index (χ3v) is 8.12. The highest BCUT2D eigenvalue weighted by Crippen LogP contribution is 2.27. The molecule has 1 fully saturated rings. The highest BCUT2D eigenvalue weighted by Gasteiger charge is 2.37. The first-order valence-electron chi connectivity index (χ1n) is 16.5. The summed E-state index contributed by atoms with van der Waals surface area (Å²) in [5, 5.41) is 15.9. The van der Waals surface area contributed by atoms with Gasteiger partial charge in [-0.15, -0.1) is 0 Å². The van der Waals surface area contributed by atoms with Gasteiger partial charge >= 0.3 is 6.09 Å². The van der Waals surface area contributed by atoms with Crippen molar-refractivity contribution in [2.45, 2.75) is 129 Å². The van der Waals surface area contributed by atoms with Crippen LogP contribution in [0.15, 0.2) is 48.5 Å². The van der Waals surface area contributed by atoms with Gasteiger partial charge in [0.2, 0.25) is 11.8 Å². The maximum Gasteiger partial charge on any atom is 0.408 e. The number of aromatic hydroxyl groups is 1. The molecule has 44 heavy (non-hydrogen) atoms. The topological polar surface area (TPSA) is 108 Å².